The molecule has 20 heavy (non-hydrogen) atoms. The Bertz CT molecular complexity index is 513. The molecule has 2 aromatic rings. The summed E-state index contributed by atoms with van der Waals surface area (Å²) in [6.07, 6.45) is -0.0371. The van der Waals surface area contributed by atoms with Crippen molar-refractivity contribution in [2.45, 2.75) is 12.5 Å². The van der Waals surface area contributed by atoms with E-state index in [4.69, 9.17) is 4.74 Å². The van der Waals surface area contributed by atoms with Crippen molar-refractivity contribution in [3.63, 3.8) is 0 Å². The van der Waals surface area contributed by atoms with Crippen LogP contribution in [0.2, 0.25) is 0 Å². The molecule has 0 fully saturated rings. The van der Waals surface area contributed by atoms with Gasteiger partial charge >= 0.3 is 0 Å². The monoisotopic (exact) mass is 291 g/mol. The summed E-state index contributed by atoms with van der Waals surface area (Å²) in [5, 5.41) is 16.4. The molecule has 1 heterocycles. The minimum absolute atomic E-state index is 0.0153. The van der Waals surface area contributed by atoms with Crippen LogP contribution in [0, 0.1) is 0 Å². The van der Waals surface area contributed by atoms with E-state index >= 15 is 0 Å². The van der Waals surface area contributed by atoms with Crippen molar-refractivity contribution in [1.29, 1.82) is 0 Å². The van der Waals surface area contributed by atoms with Gasteiger partial charge in [-0.15, -0.1) is 0 Å². The summed E-state index contributed by atoms with van der Waals surface area (Å²) in [6, 6.07) is 11.1. The van der Waals surface area contributed by atoms with Crippen LogP contribution in [-0.2, 0) is 4.79 Å². The molecule has 1 aromatic carbocycles. The SMILES string of the molecule is O=C(COc1ccccc1)NCC[C@@H](O)c1ccsc1. The zero-order valence-electron chi connectivity index (χ0n) is 11.0. The van der Waals surface area contributed by atoms with Gasteiger partial charge in [0, 0.05) is 6.54 Å². The number of hydrogen-bond acceptors (Lipinski definition) is 4. The molecule has 0 spiro atoms. The number of aliphatic hydroxyl groups excluding tert-OH is 1. The topological polar surface area (TPSA) is 58.6 Å². The lowest BCUT2D eigenvalue weighted by molar-refractivity contribution is -0.123. The summed E-state index contributed by atoms with van der Waals surface area (Å²) in [5.74, 6) is 0.479. The predicted molar refractivity (Wildman–Crippen MR) is 78.8 cm³/mol. The first-order chi connectivity index (χ1) is 9.75. The fourth-order valence-electron chi connectivity index (χ4n) is 1.70. The molecular formula is C15H17NO3S. The fraction of sp³-hybridized carbons (Fsp3) is 0.267. The predicted octanol–water partition coefficient (Wildman–Crippen LogP) is 2.37. The summed E-state index contributed by atoms with van der Waals surface area (Å²) in [7, 11) is 0. The number of carbonyl (C=O) groups is 1. The van der Waals surface area contributed by atoms with E-state index in [-0.39, 0.29) is 12.5 Å². The van der Waals surface area contributed by atoms with Crippen molar-refractivity contribution in [3.8, 4) is 5.75 Å². The fourth-order valence-corrected chi connectivity index (χ4v) is 2.40. The summed E-state index contributed by atoms with van der Waals surface area (Å²) in [4.78, 5) is 11.6. The van der Waals surface area contributed by atoms with E-state index in [0.717, 1.165) is 5.56 Å². The molecule has 1 atom stereocenters. The first-order valence-corrected chi connectivity index (χ1v) is 7.34. The Labute approximate surface area is 122 Å². The van der Waals surface area contributed by atoms with Gasteiger partial charge in [0.1, 0.15) is 5.75 Å². The van der Waals surface area contributed by atoms with Crippen LogP contribution in [0.15, 0.2) is 47.2 Å². The van der Waals surface area contributed by atoms with E-state index in [1.54, 1.807) is 23.5 Å². The molecule has 0 aliphatic carbocycles. The summed E-state index contributed by atoms with van der Waals surface area (Å²) in [6.45, 7) is 0.409. The molecule has 0 radical (unpaired) electrons. The van der Waals surface area contributed by atoms with Gasteiger partial charge in [-0.25, -0.2) is 0 Å². The van der Waals surface area contributed by atoms with E-state index in [9.17, 15) is 9.90 Å². The summed E-state index contributed by atoms with van der Waals surface area (Å²) in [5.41, 5.74) is 0.893. The molecule has 0 unspecified atom stereocenters. The lowest BCUT2D eigenvalue weighted by atomic mass is 10.1. The van der Waals surface area contributed by atoms with Gasteiger partial charge in [0.25, 0.3) is 5.91 Å². The maximum Gasteiger partial charge on any atom is 0.257 e. The number of amides is 1. The standard InChI is InChI=1S/C15H17NO3S/c17-14(12-7-9-20-11-12)6-8-16-15(18)10-19-13-4-2-1-3-5-13/h1-5,7,9,11,14,17H,6,8,10H2,(H,16,18)/t14-/m1/s1. The van der Waals surface area contributed by atoms with Gasteiger partial charge in [-0.2, -0.15) is 11.3 Å². The highest BCUT2D eigenvalue weighted by Gasteiger charge is 2.08. The van der Waals surface area contributed by atoms with Crippen molar-refractivity contribution >= 4 is 17.2 Å². The van der Waals surface area contributed by atoms with Crippen molar-refractivity contribution in [3.05, 3.63) is 52.7 Å². The number of thiophene rings is 1. The average Bonchev–Trinajstić information content (AvgIpc) is 3.00. The van der Waals surface area contributed by atoms with Gasteiger partial charge in [-0.05, 0) is 40.9 Å². The molecule has 0 bridgehead atoms. The largest absolute Gasteiger partial charge is 0.484 e. The Morgan fingerprint density at radius 2 is 2.10 bits per heavy atom. The molecule has 5 heteroatoms. The number of benzene rings is 1. The molecular weight excluding hydrogens is 274 g/mol. The quantitative estimate of drug-likeness (QED) is 0.823. The molecule has 2 rings (SSSR count). The van der Waals surface area contributed by atoms with Gasteiger partial charge in [0.15, 0.2) is 6.61 Å². The number of rotatable bonds is 7. The maximum absolute atomic E-state index is 11.6. The second-order valence-electron chi connectivity index (χ2n) is 4.31. The zero-order chi connectivity index (χ0) is 14.2. The number of aliphatic hydroxyl groups is 1. The number of nitrogens with one attached hydrogen (secondary N) is 1. The Morgan fingerprint density at radius 3 is 2.80 bits per heavy atom. The summed E-state index contributed by atoms with van der Waals surface area (Å²) < 4.78 is 5.32. The van der Waals surface area contributed by atoms with E-state index < -0.39 is 6.10 Å². The van der Waals surface area contributed by atoms with Crippen LogP contribution < -0.4 is 10.1 Å². The third-order valence-corrected chi connectivity index (χ3v) is 3.48. The molecule has 106 valence electrons. The molecule has 1 aromatic heterocycles. The van der Waals surface area contributed by atoms with Gasteiger partial charge in [0.2, 0.25) is 0 Å². The van der Waals surface area contributed by atoms with Crippen LogP contribution in [-0.4, -0.2) is 24.2 Å². The number of ether oxygens (including phenoxy) is 1. The molecule has 4 nitrogen and oxygen atoms in total. The van der Waals surface area contributed by atoms with Crippen molar-refractivity contribution in [1.82, 2.24) is 5.32 Å². The van der Waals surface area contributed by atoms with Gasteiger partial charge in [-0.3, -0.25) is 4.79 Å². The average molecular weight is 291 g/mol. The third kappa shape index (κ3) is 4.68. The van der Waals surface area contributed by atoms with E-state index in [2.05, 4.69) is 5.32 Å². The minimum Gasteiger partial charge on any atom is -0.484 e. The highest BCUT2D eigenvalue weighted by molar-refractivity contribution is 7.07. The van der Waals surface area contributed by atoms with E-state index in [1.165, 1.54) is 0 Å². The van der Waals surface area contributed by atoms with Crippen LogP contribution >= 0.6 is 11.3 Å². The highest BCUT2D eigenvalue weighted by Crippen LogP contribution is 2.18. The Kier molecular flexibility index (Phi) is 5.58. The van der Waals surface area contributed by atoms with Crippen LogP contribution in [0.1, 0.15) is 18.1 Å². The molecule has 2 N–H and O–H groups in total. The Balaban J connectivity index is 1.63. The van der Waals surface area contributed by atoms with Crippen molar-refractivity contribution in [2.24, 2.45) is 0 Å². The Morgan fingerprint density at radius 1 is 1.30 bits per heavy atom. The third-order valence-electron chi connectivity index (χ3n) is 2.78. The van der Waals surface area contributed by atoms with Crippen LogP contribution in [0.4, 0.5) is 0 Å². The lowest BCUT2D eigenvalue weighted by Crippen LogP contribution is -2.30. The van der Waals surface area contributed by atoms with Crippen LogP contribution in [0.3, 0.4) is 0 Å². The molecule has 0 aliphatic rings. The van der Waals surface area contributed by atoms with Crippen LogP contribution in [0.5, 0.6) is 5.75 Å². The van der Waals surface area contributed by atoms with Crippen LogP contribution in [0.25, 0.3) is 0 Å². The first-order valence-electron chi connectivity index (χ1n) is 6.40. The van der Waals surface area contributed by atoms with Crippen molar-refractivity contribution < 1.29 is 14.6 Å². The first kappa shape index (κ1) is 14.6. The van der Waals surface area contributed by atoms with E-state index in [0.29, 0.717) is 18.7 Å². The molecule has 1 amide bonds. The van der Waals surface area contributed by atoms with E-state index in [1.807, 2.05) is 35.0 Å². The van der Waals surface area contributed by atoms with Gasteiger partial charge < -0.3 is 15.2 Å². The number of para-hydroxylation sites is 1. The molecule has 0 aliphatic heterocycles. The normalized spacial score (nSPS) is 11.8. The minimum atomic E-state index is -0.531. The highest BCUT2D eigenvalue weighted by atomic mass is 32.1. The maximum atomic E-state index is 11.6. The second kappa shape index (κ2) is 7.67. The van der Waals surface area contributed by atoms with Gasteiger partial charge in [-0.1, -0.05) is 18.2 Å². The summed E-state index contributed by atoms with van der Waals surface area (Å²) >= 11 is 1.55. The zero-order valence-corrected chi connectivity index (χ0v) is 11.8. The number of hydrogen-bond donors (Lipinski definition) is 2. The second-order valence-corrected chi connectivity index (χ2v) is 5.09. The molecule has 0 saturated heterocycles. The molecule has 0 saturated carbocycles. The number of carbonyl (C=O) groups excluding carboxylic acids is 1. The smallest absolute Gasteiger partial charge is 0.257 e. The van der Waals surface area contributed by atoms with Gasteiger partial charge in [0.05, 0.1) is 6.10 Å². The van der Waals surface area contributed by atoms with Crippen molar-refractivity contribution in [2.75, 3.05) is 13.2 Å². The Hall–Kier alpha value is -1.85. The lowest BCUT2D eigenvalue weighted by Gasteiger charge is -2.10.